The molecule has 1 aliphatic heterocycles. The average Bonchev–Trinajstić information content (AvgIpc) is 2.32. The van der Waals surface area contributed by atoms with Gasteiger partial charge in [-0.1, -0.05) is 27.7 Å². The van der Waals surface area contributed by atoms with Crippen LogP contribution in [0.4, 0.5) is 0 Å². The van der Waals surface area contributed by atoms with E-state index in [0.717, 1.165) is 12.8 Å². The summed E-state index contributed by atoms with van der Waals surface area (Å²) in [5, 5.41) is 0. The van der Waals surface area contributed by atoms with E-state index in [1.807, 2.05) is 0 Å². The predicted molar refractivity (Wildman–Crippen MR) is 52.3 cm³/mol. The highest BCUT2D eigenvalue weighted by atomic mass is 16.5. The molecule has 1 saturated heterocycles. The van der Waals surface area contributed by atoms with Gasteiger partial charge in [0, 0.05) is 0 Å². The quantitative estimate of drug-likeness (QED) is 0.630. The molecule has 1 fully saturated rings. The van der Waals surface area contributed by atoms with E-state index >= 15 is 0 Å². The minimum absolute atomic E-state index is 0.0243. The first-order valence-electron chi connectivity index (χ1n) is 5.16. The Morgan fingerprint density at radius 3 is 2.31 bits per heavy atom. The molecule has 0 amide bonds. The molecule has 0 saturated carbocycles. The highest BCUT2D eigenvalue weighted by Gasteiger charge is 2.46. The van der Waals surface area contributed by atoms with Crippen molar-refractivity contribution in [3.63, 3.8) is 0 Å². The van der Waals surface area contributed by atoms with Crippen LogP contribution in [-0.2, 0) is 9.53 Å². The van der Waals surface area contributed by atoms with E-state index < -0.39 is 0 Å². The zero-order valence-electron chi connectivity index (χ0n) is 9.09. The number of carbonyl (C=O) groups is 1. The Balaban J connectivity index is 2.81. The summed E-state index contributed by atoms with van der Waals surface area (Å²) in [4.78, 5) is 11.7. The second-order valence-electron chi connectivity index (χ2n) is 4.79. The second kappa shape index (κ2) is 3.69. The number of cyclic esters (lactones) is 1. The minimum atomic E-state index is -0.186. The lowest BCUT2D eigenvalue weighted by Gasteiger charge is -2.30. The van der Waals surface area contributed by atoms with Gasteiger partial charge in [0.1, 0.15) is 0 Å². The van der Waals surface area contributed by atoms with Crippen LogP contribution in [-0.4, -0.2) is 12.6 Å². The molecule has 0 bridgehead atoms. The lowest BCUT2D eigenvalue weighted by molar-refractivity contribution is -0.149. The molecule has 0 radical (unpaired) electrons. The van der Waals surface area contributed by atoms with Crippen LogP contribution < -0.4 is 0 Å². The Hall–Kier alpha value is -0.530. The molecule has 1 atom stereocenters. The highest BCUT2D eigenvalue weighted by Crippen LogP contribution is 2.42. The summed E-state index contributed by atoms with van der Waals surface area (Å²) in [5.74, 6) is 0.981. The maximum absolute atomic E-state index is 11.7. The van der Waals surface area contributed by atoms with Crippen LogP contribution in [0.25, 0.3) is 0 Å². The number of hydrogen-bond donors (Lipinski definition) is 0. The molecule has 13 heavy (non-hydrogen) atoms. The van der Waals surface area contributed by atoms with Gasteiger partial charge in [-0.05, 0) is 24.7 Å². The van der Waals surface area contributed by atoms with Gasteiger partial charge >= 0.3 is 5.97 Å². The molecule has 1 heterocycles. The normalized spacial score (nSPS) is 28.6. The second-order valence-corrected chi connectivity index (χ2v) is 4.79. The van der Waals surface area contributed by atoms with Crippen molar-refractivity contribution < 1.29 is 9.53 Å². The van der Waals surface area contributed by atoms with Crippen molar-refractivity contribution in [1.29, 1.82) is 0 Å². The fourth-order valence-corrected chi connectivity index (χ4v) is 2.25. The van der Waals surface area contributed by atoms with Crippen LogP contribution in [0.3, 0.4) is 0 Å². The molecule has 0 aliphatic carbocycles. The molecule has 1 rings (SSSR count). The molecule has 2 nitrogen and oxygen atoms in total. The fraction of sp³-hybridized carbons (Fsp3) is 0.909. The molecule has 0 aromatic carbocycles. The molecular formula is C11H20O2. The molecular weight excluding hydrogens is 164 g/mol. The molecule has 0 aromatic rings. The van der Waals surface area contributed by atoms with Gasteiger partial charge in [0.25, 0.3) is 0 Å². The van der Waals surface area contributed by atoms with Crippen LogP contribution in [0.15, 0.2) is 0 Å². The third-order valence-electron chi connectivity index (χ3n) is 3.07. The number of rotatable bonds is 3. The summed E-state index contributed by atoms with van der Waals surface area (Å²) in [5.41, 5.74) is -0.186. The summed E-state index contributed by atoms with van der Waals surface area (Å²) >= 11 is 0. The Morgan fingerprint density at radius 1 is 1.38 bits per heavy atom. The van der Waals surface area contributed by atoms with Gasteiger partial charge in [-0.3, -0.25) is 4.79 Å². The Bertz CT molecular complexity index is 196. The highest BCUT2D eigenvalue weighted by molar-refractivity contribution is 5.78. The summed E-state index contributed by atoms with van der Waals surface area (Å²) in [6, 6.07) is 0. The van der Waals surface area contributed by atoms with E-state index in [1.54, 1.807) is 0 Å². The van der Waals surface area contributed by atoms with E-state index in [2.05, 4.69) is 27.7 Å². The third-order valence-corrected chi connectivity index (χ3v) is 3.07. The first-order chi connectivity index (χ1) is 5.99. The van der Waals surface area contributed by atoms with Crippen LogP contribution in [0.1, 0.15) is 40.5 Å². The molecule has 1 aliphatic rings. The van der Waals surface area contributed by atoms with Gasteiger partial charge in [-0.2, -0.15) is 0 Å². The van der Waals surface area contributed by atoms with Crippen molar-refractivity contribution in [1.82, 2.24) is 0 Å². The smallest absolute Gasteiger partial charge is 0.312 e. The zero-order valence-corrected chi connectivity index (χ0v) is 9.09. The molecule has 2 heteroatoms. The molecule has 1 unspecified atom stereocenters. The van der Waals surface area contributed by atoms with Crippen molar-refractivity contribution in [3.8, 4) is 0 Å². The monoisotopic (exact) mass is 184 g/mol. The van der Waals surface area contributed by atoms with Gasteiger partial charge in [-0.25, -0.2) is 0 Å². The Morgan fingerprint density at radius 2 is 2.00 bits per heavy atom. The van der Waals surface area contributed by atoms with E-state index in [-0.39, 0.29) is 11.4 Å². The number of esters is 1. The van der Waals surface area contributed by atoms with Crippen molar-refractivity contribution in [2.75, 3.05) is 6.61 Å². The van der Waals surface area contributed by atoms with Crippen molar-refractivity contribution in [2.45, 2.75) is 40.5 Å². The van der Waals surface area contributed by atoms with Crippen LogP contribution in [0, 0.1) is 17.3 Å². The third kappa shape index (κ3) is 1.87. The maximum atomic E-state index is 11.7. The van der Waals surface area contributed by atoms with Gasteiger partial charge in [-0.15, -0.1) is 0 Å². The first kappa shape index (κ1) is 10.6. The standard InChI is InChI=1S/C11H20O2/c1-8(2)7-11(9(3)4)5-6-13-10(11)12/h8-9H,5-7H2,1-4H3. The number of carbonyl (C=O) groups excluding carboxylic acids is 1. The topological polar surface area (TPSA) is 26.3 Å². The van der Waals surface area contributed by atoms with Gasteiger partial charge in [0.2, 0.25) is 0 Å². The maximum Gasteiger partial charge on any atom is 0.312 e. The van der Waals surface area contributed by atoms with Gasteiger partial charge < -0.3 is 4.74 Å². The molecule has 0 aromatic heterocycles. The Kier molecular flexibility index (Phi) is 2.99. The summed E-state index contributed by atoms with van der Waals surface area (Å²) in [7, 11) is 0. The predicted octanol–water partition coefficient (Wildman–Crippen LogP) is 2.62. The zero-order chi connectivity index (χ0) is 10.1. The summed E-state index contributed by atoms with van der Waals surface area (Å²) in [6.45, 7) is 9.18. The summed E-state index contributed by atoms with van der Waals surface area (Å²) in [6.07, 6.45) is 1.87. The minimum Gasteiger partial charge on any atom is -0.465 e. The SMILES string of the molecule is CC(C)CC1(C(C)C)CCOC1=O. The van der Waals surface area contributed by atoms with Crippen LogP contribution in [0.5, 0.6) is 0 Å². The molecule has 76 valence electrons. The van der Waals surface area contributed by atoms with Crippen LogP contribution in [0.2, 0.25) is 0 Å². The number of ether oxygens (including phenoxy) is 1. The van der Waals surface area contributed by atoms with E-state index in [0.29, 0.717) is 18.4 Å². The van der Waals surface area contributed by atoms with E-state index in [1.165, 1.54) is 0 Å². The summed E-state index contributed by atoms with van der Waals surface area (Å²) < 4.78 is 5.09. The number of hydrogen-bond acceptors (Lipinski definition) is 2. The van der Waals surface area contributed by atoms with E-state index in [4.69, 9.17) is 4.74 Å². The van der Waals surface area contributed by atoms with Gasteiger partial charge in [0.15, 0.2) is 0 Å². The average molecular weight is 184 g/mol. The van der Waals surface area contributed by atoms with Crippen LogP contribution >= 0.6 is 0 Å². The first-order valence-corrected chi connectivity index (χ1v) is 5.16. The fourth-order valence-electron chi connectivity index (χ4n) is 2.25. The lowest BCUT2D eigenvalue weighted by Crippen LogP contribution is -2.33. The van der Waals surface area contributed by atoms with E-state index in [9.17, 15) is 4.79 Å². The Labute approximate surface area is 80.7 Å². The lowest BCUT2D eigenvalue weighted by atomic mass is 9.71. The van der Waals surface area contributed by atoms with Crippen molar-refractivity contribution >= 4 is 5.97 Å². The largest absolute Gasteiger partial charge is 0.465 e. The van der Waals surface area contributed by atoms with Crippen molar-refractivity contribution in [2.24, 2.45) is 17.3 Å². The molecule has 0 spiro atoms. The van der Waals surface area contributed by atoms with Gasteiger partial charge in [0.05, 0.1) is 12.0 Å². The molecule has 0 N–H and O–H groups in total. The van der Waals surface area contributed by atoms with Crippen molar-refractivity contribution in [3.05, 3.63) is 0 Å².